The zero-order valence-electron chi connectivity index (χ0n) is 18.0. The number of hydrogen-bond donors (Lipinski definition) is 1. The second-order valence-corrected chi connectivity index (χ2v) is 9.02. The van der Waals surface area contributed by atoms with Gasteiger partial charge < -0.3 is 10.1 Å². The van der Waals surface area contributed by atoms with E-state index < -0.39 is 0 Å². The van der Waals surface area contributed by atoms with E-state index in [4.69, 9.17) is 16.3 Å². The zero-order chi connectivity index (χ0) is 23.1. The van der Waals surface area contributed by atoms with Crippen LogP contribution in [0.3, 0.4) is 0 Å². The zero-order valence-corrected chi connectivity index (χ0v) is 20.4. The summed E-state index contributed by atoms with van der Waals surface area (Å²) in [4.78, 5) is 25.4. The lowest BCUT2D eigenvalue weighted by atomic mass is 10.0. The Morgan fingerprint density at radius 3 is 2.47 bits per heavy atom. The highest BCUT2D eigenvalue weighted by atomic mass is 79.9. The van der Waals surface area contributed by atoms with Crippen LogP contribution in [0.5, 0.6) is 5.75 Å². The summed E-state index contributed by atoms with van der Waals surface area (Å²) in [6, 6.07) is 19.8. The normalized spacial score (nSPS) is 10.8. The Balaban J connectivity index is 1.57. The van der Waals surface area contributed by atoms with Gasteiger partial charge in [-0.2, -0.15) is 0 Å². The molecule has 3 aromatic carbocycles. The molecule has 0 aliphatic carbocycles. The van der Waals surface area contributed by atoms with Crippen molar-refractivity contribution in [1.82, 2.24) is 0 Å². The molecule has 166 valence electrons. The van der Waals surface area contributed by atoms with Gasteiger partial charge in [-0.25, -0.2) is 0 Å². The Hall–Kier alpha value is -2.63. The van der Waals surface area contributed by atoms with E-state index in [0.717, 1.165) is 10.2 Å². The molecule has 1 amide bonds. The number of rotatable bonds is 9. The van der Waals surface area contributed by atoms with Crippen molar-refractivity contribution in [2.75, 3.05) is 11.9 Å². The van der Waals surface area contributed by atoms with E-state index >= 15 is 0 Å². The van der Waals surface area contributed by atoms with Gasteiger partial charge >= 0.3 is 0 Å². The van der Waals surface area contributed by atoms with Crippen LogP contribution in [-0.2, 0) is 4.79 Å². The van der Waals surface area contributed by atoms with Crippen LogP contribution in [0, 0.1) is 0 Å². The summed E-state index contributed by atoms with van der Waals surface area (Å²) in [7, 11) is 0. The third-order valence-corrected chi connectivity index (χ3v) is 5.82. The van der Waals surface area contributed by atoms with E-state index in [0.29, 0.717) is 40.8 Å². The molecule has 6 heteroatoms. The molecule has 0 bridgehead atoms. The molecule has 1 N–H and O–H groups in total. The first-order chi connectivity index (χ1) is 15.3. The number of carbonyl (C=O) groups is 2. The van der Waals surface area contributed by atoms with E-state index in [2.05, 4.69) is 41.2 Å². The lowest BCUT2D eigenvalue weighted by molar-refractivity contribution is -0.116. The number of anilines is 1. The standard InChI is InChI=1S/C26H25BrClNO3/c1-17(2)19-10-13-24(22(27)15-19)32-14-6-9-25(30)29-23-12-11-20(28)16-21(23)26(31)18-7-4-3-5-8-18/h3-5,7-8,10-13,15-17H,6,9,14H2,1-2H3,(H,29,30). The number of carbonyl (C=O) groups excluding carboxylic acids is 2. The van der Waals surface area contributed by atoms with E-state index in [1.165, 1.54) is 5.56 Å². The van der Waals surface area contributed by atoms with E-state index in [9.17, 15) is 9.59 Å². The van der Waals surface area contributed by atoms with E-state index in [1.54, 1.807) is 42.5 Å². The average molecular weight is 515 g/mol. The maximum Gasteiger partial charge on any atom is 0.224 e. The van der Waals surface area contributed by atoms with Gasteiger partial charge in [-0.15, -0.1) is 0 Å². The molecule has 3 aromatic rings. The fraction of sp³-hybridized carbons (Fsp3) is 0.231. The molecule has 0 aromatic heterocycles. The summed E-state index contributed by atoms with van der Waals surface area (Å²) in [5.41, 5.74) is 2.57. The van der Waals surface area contributed by atoms with E-state index in [1.807, 2.05) is 18.2 Å². The maximum atomic E-state index is 12.9. The van der Waals surface area contributed by atoms with Crippen LogP contribution < -0.4 is 10.1 Å². The Kier molecular flexibility index (Phi) is 8.48. The molecule has 0 heterocycles. The fourth-order valence-corrected chi connectivity index (χ4v) is 3.86. The van der Waals surface area contributed by atoms with Crippen molar-refractivity contribution in [3.8, 4) is 5.75 Å². The topological polar surface area (TPSA) is 55.4 Å². The van der Waals surface area contributed by atoms with E-state index in [-0.39, 0.29) is 18.1 Å². The van der Waals surface area contributed by atoms with Crippen molar-refractivity contribution >= 4 is 44.9 Å². The predicted molar refractivity (Wildman–Crippen MR) is 133 cm³/mol. The molecule has 0 saturated heterocycles. The summed E-state index contributed by atoms with van der Waals surface area (Å²) < 4.78 is 6.71. The fourth-order valence-electron chi connectivity index (χ4n) is 3.18. The third-order valence-electron chi connectivity index (χ3n) is 4.96. The van der Waals surface area contributed by atoms with Gasteiger partial charge in [0.15, 0.2) is 5.78 Å². The van der Waals surface area contributed by atoms with Gasteiger partial charge in [0, 0.05) is 22.6 Å². The number of ether oxygens (including phenoxy) is 1. The van der Waals surface area contributed by atoms with Crippen LogP contribution in [0.15, 0.2) is 71.2 Å². The summed E-state index contributed by atoms with van der Waals surface area (Å²) in [6.45, 7) is 4.68. The minimum Gasteiger partial charge on any atom is -0.492 e. The van der Waals surface area contributed by atoms with Crippen LogP contribution in [0.1, 0.15) is 54.1 Å². The molecule has 0 aliphatic rings. The van der Waals surface area contributed by atoms with Gasteiger partial charge in [-0.3, -0.25) is 9.59 Å². The van der Waals surface area contributed by atoms with Gasteiger partial charge in [0.05, 0.1) is 16.8 Å². The van der Waals surface area contributed by atoms with Crippen molar-refractivity contribution < 1.29 is 14.3 Å². The third kappa shape index (κ3) is 6.44. The Morgan fingerprint density at radius 1 is 1.03 bits per heavy atom. The lowest BCUT2D eigenvalue weighted by Gasteiger charge is -2.13. The van der Waals surface area contributed by atoms with Crippen molar-refractivity contribution in [3.05, 3.63) is 92.9 Å². The highest BCUT2D eigenvalue weighted by Crippen LogP contribution is 2.29. The number of halogens is 2. The first-order valence-electron chi connectivity index (χ1n) is 10.5. The van der Waals surface area contributed by atoms with Crippen molar-refractivity contribution in [3.63, 3.8) is 0 Å². The molecule has 3 rings (SSSR count). The number of benzene rings is 3. The van der Waals surface area contributed by atoms with Gasteiger partial charge in [-0.05, 0) is 64.2 Å². The second-order valence-electron chi connectivity index (χ2n) is 7.73. The van der Waals surface area contributed by atoms with Crippen molar-refractivity contribution in [2.24, 2.45) is 0 Å². The summed E-state index contributed by atoms with van der Waals surface area (Å²) in [5.74, 6) is 0.813. The summed E-state index contributed by atoms with van der Waals surface area (Å²) in [5, 5.41) is 3.27. The number of nitrogens with one attached hydrogen (secondary N) is 1. The van der Waals surface area contributed by atoms with Gasteiger partial charge in [-0.1, -0.05) is 61.8 Å². The first-order valence-corrected chi connectivity index (χ1v) is 11.6. The molecule has 0 aliphatic heterocycles. The van der Waals surface area contributed by atoms with Gasteiger partial charge in [0.1, 0.15) is 5.75 Å². The van der Waals surface area contributed by atoms with Gasteiger partial charge in [0.2, 0.25) is 5.91 Å². The molecule has 0 radical (unpaired) electrons. The molecule has 32 heavy (non-hydrogen) atoms. The van der Waals surface area contributed by atoms with Crippen LogP contribution in [0.4, 0.5) is 5.69 Å². The van der Waals surface area contributed by atoms with Crippen LogP contribution in [0.2, 0.25) is 5.02 Å². The Labute approximate surface area is 202 Å². The predicted octanol–water partition coefficient (Wildman–Crippen LogP) is 7.25. The molecule has 0 saturated carbocycles. The SMILES string of the molecule is CC(C)c1ccc(OCCCC(=O)Nc2ccc(Cl)cc2C(=O)c2ccccc2)c(Br)c1. The monoisotopic (exact) mass is 513 g/mol. The minimum absolute atomic E-state index is 0.188. The quantitative estimate of drug-likeness (QED) is 0.242. The number of ketones is 1. The van der Waals surface area contributed by atoms with Crippen LogP contribution >= 0.6 is 27.5 Å². The molecule has 0 spiro atoms. The average Bonchev–Trinajstić information content (AvgIpc) is 2.78. The molecule has 4 nitrogen and oxygen atoms in total. The molecular formula is C26H25BrClNO3. The number of hydrogen-bond acceptors (Lipinski definition) is 3. The van der Waals surface area contributed by atoms with Crippen molar-refractivity contribution in [1.29, 1.82) is 0 Å². The van der Waals surface area contributed by atoms with Crippen LogP contribution in [0.25, 0.3) is 0 Å². The lowest BCUT2D eigenvalue weighted by Crippen LogP contribution is -2.16. The maximum absolute atomic E-state index is 12.9. The summed E-state index contributed by atoms with van der Waals surface area (Å²) in [6.07, 6.45) is 0.809. The Bertz CT molecular complexity index is 1100. The summed E-state index contributed by atoms with van der Waals surface area (Å²) >= 11 is 9.64. The second kappa shape index (κ2) is 11.3. The highest BCUT2D eigenvalue weighted by molar-refractivity contribution is 9.10. The number of amides is 1. The minimum atomic E-state index is -0.193. The van der Waals surface area contributed by atoms with Crippen molar-refractivity contribution in [2.45, 2.75) is 32.6 Å². The Morgan fingerprint density at radius 2 is 1.78 bits per heavy atom. The molecular weight excluding hydrogens is 490 g/mol. The highest BCUT2D eigenvalue weighted by Gasteiger charge is 2.16. The molecule has 0 atom stereocenters. The first kappa shape index (κ1) is 24.0. The van der Waals surface area contributed by atoms with Crippen LogP contribution in [-0.4, -0.2) is 18.3 Å². The van der Waals surface area contributed by atoms with Gasteiger partial charge in [0.25, 0.3) is 0 Å². The molecule has 0 fully saturated rings. The largest absolute Gasteiger partial charge is 0.492 e. The molecule has 0 unspecified atom stereocenters. The smallest absolute Gasteiger partial charge is 0.224 e.